The Balaban J connectivity index is 2.19. The number of rotatable bonds is 4. The van der Waals surface area contributed by atoms with E-state index in [4.69, 9.17) is 13.7 Å². The molecule has 1 saturated heterocycles. The lowest BCUT2D eigenvalue weighted by Crippen LogP contribution is -2.47. The van der Waals surface area contributed by atoms with Gasteiger partial charge in [-0.1, -0.05) is 20.8 Å². The van der Waals surface area contributed by atoms with E-state index in [-0.39, 0.29) is 16.2 Å². The van der Waals surface area contributed by atoms with E-state index in [2.05, 4.69) is 43.8 Å². The van der Waals surface area contributed by atoms with Crippen molar-refractivity contribution < 1.29 is 13.7 Å². The van der Waals surface area contributed by atoms with E-state index >= 15 is 0 Å². The highest BCUT2D eigenvalue weighted by atomic mass is 28.4. The van der Waals surface area contributed by atoms with Gasteiger partial charge >= 0.3 is 7.12 Å². The molecular formula is C19H35BN2O3Si. The Morgan fingerprint density at radius 3 is 1.73 bits per heavy atom. The van der Waals surface area contributed by atoms with Crippen molar-refractivity contribution in [2.24, 2.45) is 0 Å². The largest absolute Gasteiger partial charge is 0.498 e. The van der Waals surface area contributed by atoms with Crippen LogP contribution in [0.4, 0.5) is 0 Å². The zero-order valence-electron chi connectivity index (χ0n) is 18.4. The van der Waals surface area contributed by atoms with E-state index in [0.717, 1.165) is 5.46 Å². The van der Waals surface area contributed by atoms with Crippen molar-refractivity contribution in [2.45, 2.75) is 97.2 Å². The maximum atomic E-state index is 6.56. The fraction of sp³-hybridized carbons (Fsp3) is 0.789. The van der Waals surface area contributed by atoms with Crippen molar-refractivity contribution in [3.05, 3.63) is 18.2 Å². The average Bonchev–Trinajstić information content (AvgIpc) is 2.65. The minimum Gasteiger partial charge on any atom is -0.405 e. The van der Waals surface area contributed by atoms with Crippen molar-refractivity contribution in [1.29, 1.82) is 0 Å². The van der Waals surface area contributed by atoms with Gasteiger partial charge in [-0.15, -0.1) is 0 Å². The fourth-order valence-corrected chi connectivity index (χ4v) is 4.26. The monoisotopic (exact) mass is 378 g/mol. The van der Waals surface area contributed by atoms with Crippen LogP contribution in [0.1, 0.15) is 68.1 Å². The average molecular weight is 378 g/mol. The van der Waals surface area contributed by atoms with E-state index in [1.807, 2.05) is 41.5 Å². The van der Waals surface area contributed by atoms with Gasteiger partial charge in [-0.05, 0) is 59.7 Å². The van der Waals surface area contributed by atoms with E-state index < -0.39 is 21.0 Å². The third-order valence-electron chi connectivity index (χ3n) is 6.05. The molecule has 0 aliphatic carbocycles. The summed E-state index contributed by atoms with van der Waals surface area (Å²) < 4.78 is 18.7. The first kappa shape index (κ1) is 21.5. The number of hydrogen-bond donors (Lipinski definition) is 0. The second kappa shape index (κ2) is 6.40. The summed E-state index contributed by atoms with van der Waals surface area (Å²) in [5.74, 6) is 0.683. The highest BCUT2D eigenvalue weighted by molar-refractivity contribution is 6.74. The SMILES string of the molecule is CC(C)(O[Si](C)(C)C(C)(C)C)c1ncc(B2OC(C)(C)C(C)(C)O2)cn1. The summed E-state index contributed by atoms with van der Waals surface area (Å²) in [7, 11) is -2.38. The van der Waals surface area contributed by atoms with Crippen molar-refractivity contribution >= 4 is 20.9 Å². The summed E-state index contributed by atoms with van der Waals surface area (Å²) in [6, 6.07) is 0. The fourth-order valence-electron chi connectivity index (χ4n) is 2.59. The maximum absolute atomic E-state index is 6.56. The van der Waals surface area contributed by atoms with Crippen LogP contribution in [0, 0.1) is 0 Å². The molecule has 146 valence electrons. The standard InChI is InChI=1S/C19H35BN2O3Si/c1-16(2,3)26(10,11)25-17(4,5)15-21-12-14(13-22-15)20-23-18(6,7)19(8,9)24-20/h12-13H,1-11H3. The molecule has 1 fully saturated rings. The Morgan fingerprint density at radius 2 is 1.35 bits per heavy atom. The third kappa shape index (κ3) is 4.06. The lowest BCUT2D eigenvalue weighted by Gasteiger charge is -2.42. The summed E-state index contributed by atoms with van der Waals surface area (Å²) in [6.45, 7) is 23.4. The molecule has 1 aromatic rings. The van der Waals surface area contributed by atoms with Gasteiger partial charge in [-0.2, -0.15) is 0 Å². The first-order valence-electron chi connectivity index (χ1n) is 9.37. The van der Waals surface area contributed by atoms with Gasteiger partial charge in [0.1, 0.15) is 5.60 Å². The second-order valence-electron chi connectivity index (χ2n) is 10.3. The molecule has 1 aliphatic rings. The van der Waals surface area contributed by atoms with E-state index in [1.54, 1.807) is 12.4 Å². The van der Waals surface area contributed by atoms with Crippen LogP contribution in [0.15, 0.2) is 12.4 Å². The molecular weight excluding hydrogens is 343 g/mol. The molecule has 0 spiro atoms. The minimum atomic E-state index is -1.93. The molecule has 26 heavy (non-hydrogen) atoms. The van der Waals surface area contributed by atoms with E-state index in [9.17, 15) is 0 Å². The molecule has 0 radical (unpaired) electrons. The van der Waals surface area contributed by atoms with Gasteiger partial charge in [0.25, 0.3) is 0 Å². The lowest BCUT2D eigenvalue weighted by atomic mass is 9.81. The molecule has 1 aliphatic heterocycles. The molecule has 0 atom stereocenters. The molecule has 5 nitrogen and oxygen atoms in total. The molecule has 0 aromatic carbocycles. The number of hydrogen-bond acceptors (Lipinski definition) is 5. The van der Waals surface area contributed by atoms with Crippen molar-refractivity contribution in [1.82, 2.24) is 9.97 Å². The quantitative estimate of drug-likeness (QED) is 0.741. The van der Waals surface area contributed by atoms with Gasteiger partial charge in [-0.25, -0.2) is 9.97 Å². The van der Waals surface area contributed by atoms with Gasteiger partial charge in [0.15, 0.2) is 14.1 Å². The van der Waals surface area contributed by atoms with Crippen LogP contribution in [-0.4, -0.2) is 36.6 Å². The molecule has 0 bridgehead atoms. The Kier molecular flexibility index (Phi) is 5.30. The molecule has 2 rings (SSSR count). The molecule has 0 saturated carbocycles. The number of nitrogens with zero attached hydrogens (tertiary/aromatic N) is 2. The van der Waals surface area contributed by atoms with Crippen LogP contribution in [0.25, 0.3) is 0 Å². The summed E-state index contributed by atoms with van der Waals surface area (Å²) in [5, 5.41) is 0.132. The van der Waals surface area contributed by atoms with Crippen LogP contribution in [-0.2, 0) is 19.3 Å². The van der Waals surface area contributed by atoms with E-state index in [0.29, 0.717) is 5.82 Å². The maximum Gasteiger partial charge on any atom is 0.498 e. The van der Waals surface area contributed by atoms with Crippen molar-refractivity contribution in [2.75, 3.05) is 0 Å². The minimum absolute atomic E-state index is 0.132. The summed E-state index contributed by atoms with van der Waals surface area (Å²) in [4.78, 5) is 9.17. The predicted octanol–water partition coefficient (Wildman–Crippen LogP) is 4.03. The predicted molar refractivity (Wildman–Crippen MR) is 109 cm³/mol. The normalized spacial score (nSPS) is 20.5. The first-order chi connectivity index (χ1) is 11.5. The summed E-state index contributed by atoms with van der Waals surface area (Å²) in [6.07, 6.45) is 3.59. The van der Waals surface area contributed by atoms with Crippen LogP contribution in [0.5, 0.6) is 0 Å². The zero-order valence-corrected chi connectivity index (χ0v) is 19.4. The Morgan fingerprint density at radius 1 is 0.923 bits per heavy atom. The Hall–Kier alpha value is -0.758. The molecule has 2 heterocycles. The molecule has 1 aromatic heterocycles. The summed E-state index contributed by atoms with van der Waals surface area (Å²) >= 11 is 0. The summed E-state index contributed by atoms with van der Waals surface area (Å²) in [5.41, 5.74) is -0.463. The second-order valence-corrected chi connectivity index (χ2v) is 15.0. The van der Waals surface area contributed by atoms with Gasteiger partial charge in [0, 0.05) is 17.9 Å². The van der Waals surface area contributed by atoms with Gasteiger partial charge in [-0.3, -0.25) is 0 Å². The van der Waals surface area contributed by atoms with Gasteiger partial charge in [0.05, 0.1) is 11.2 Å². The molecule has 7 heteroatoms. The molecule has 0 N–H and O–H groups in total. The molecule has 0 unspecified atom stereocenters. The third-order valence-corrected chi connectivity index (χ3v) is 10.7. The Bertz CT molecular complexity index is 636. The highest BCUT2D eigenvalue weighted by Gasteiger charge is 2.52. The Labute approximate surface area is 160 Å². The zero-order chi connectivity index (χ0) is 20.2. The molecule has 0 amide bonds. The number of aromatic nitrogens is 2. The van der Waals surface area contributed by atoms with Gasteiger partial charge in [0.2, 0.25) is 0 Å². The smallest absolute Gasteiger partial charge is 0.405 e. The van der Waals surface area contributed by atoms with Crippen molar-refractivity contribution in [3.8, 4) is 0 Å². The van der Waals surface area contributed by atoms with Gasteiger partial charge < -0.3 is 13.7 Å². The van der Waals surface area contributed by atoms with Crippen LogP contribution in [0.2, 0.25) is 18.1 Å². The van der Waals surface area contributed by atoms with Crippen LogP contribution in [0.3, 0.4) is 0 Å². The van der Waals surface area contributed by atoms with Crippen LogP contribution >= 0.6 is 0 Å². The topological polar surface area (TPSA) is 53.5 Å². The highest BCUT2D eigenvalue weighted by Crippen LogP contribution is 2.41. The van der Waals surface area contributed by atoms with Crippen molar-refractivity contribution in [3.63, 3.8) is 0 Å². The van der Waals surface area contributed by atoms with Crippen LogP contribution < -0.4 is 5.46 Å². The van der Waals surface area contributed by atoms with E-state index in [1.165, 1.54) is 0 Å². The lowest BCUT2D eigenvalue weighted by molar-refractivity contribution is 0.00578. The first-order valence-corrected chi connectivity index (χ1v) is 12.3.